The zero-order chi connectivity index (χ0) is 7.44. The number of hydrogen-bond donors (Lipinski definition) is 4. The van der Waals surface area contributed by atoms with Gasteiger partial charge in [0.2, 0.25) is 0 Å². The van der Waals surface area contributed by atoms with E-state index in [0.29, 0.717) is 0 Å². The van der Waals surface area contributed by atoms with Crippen molar-refractivity contribution in [3.63, 3.8) is 0 Å². The van der Waals surface area contributed by atoms with Gasteiger partial charge in [-0.2, -0.15) is 0 Å². The third kappa shape index (κ3) is 2.41. The van der Waals surface area contributed by atoms with E-state index in [-0.39, 0.29) is 0 Å². The summed E-state index contributed by atoms with van der Waals surface area (Å²) in [6.07, 6.45) is -1.37. The zero-order valence-electron chi connectivity index (χ0n) is 4.69. The summed E-state index contributed by atoms with van der Waals surface area (Å²) < 4.78 is 0. The highest BCUT2D eigenvalue weighted by Crippen LogP contribution is 1.87. The average molecular weight is 135 g/mol. The minimum Gasteiger partial charge on any atom is -0.480 e. The molecule has 0 aliphatic rings. The molecule has 0 aliphatic carbocycles. The third-order valence-electron chi connectivity index (χ3n) is 0.887. The van der Waals surface area contributed by atoms with E-state index >= 15 is 0 Å². The average Bonchev–Trinajstić information content (AvgIpc) is 1.84. The molecule has 5 N–H and O–H groups in total. The standard InChI is InChI=1S/C4H9NO4/c5-3(4(8)9)2(7)1-6/h2-3,6-7H,1,5H2,(H,8,9)/t2-,3?/m1/s1. The van der Waals surface area contributed by atoms with Crippen molar-refractivity contribution in [1.82, 2.24) is 0 Å². The summed E-state index contributed by atoms with van der Waals surface area (Å²) in [6.45, 7) is -0.631. The van der Waals surface area contributed by atoms with Gasteiger partial charge >= 0.3 is 5.97 Å². The van der Waals surface area contributed by atoms with E-state index in [9.17, 15) is 4.79 Å². The molecule has 0 amide bonds. The summed E-state index contributed by atoms with van der Waals surface area (Å²) in [4.78, 5) is 9.90. The second-order valence-electron chi connectivity index (χ2n) is 1.61. The molecule has 0 fully saturated rings. The molecule has 0 aromatic heterocycles. The largest absolute Gasteiger partial charge is 0.480 e. The Kier molecular flexibility index (Phi) is 3.15. The van der Waals surface area contributed by atoms with Gasteiger partial charge in [-0.25, -0.2) is 0 Å². The van der Waals surface area contributed by atoms with Crippen molar-refractivity contribution in [3.05, 3.63) is 0 Å². The van der Waals surface area contributed by atoms with E-state index in [0.717, 1.165) is 0 Å². The molecular formula is C4H9NO4. The molecule has 0 rings (SSSR count). The van der Waals surface area contributed by atoms with Crippen LogP contribution in [-0.2, 0) is 4.79 Å². The second-order valence-corrected chi connectivity index (χ2v) is 1.61. The highest BCUT2D eigenvalue weighted by molar-refractivity contribution is 5.73. The molecule has 5 heteroatoms. The maximum atomic E-state index is 9.90. The summed E-state index contributed by atoms with van der Waals surface area (Å²) in [7, 11) is 0. The Morgan fingerprint density at radius 2 is 2.11 bits per heavy atom. The number of nitrogens with two attached hydrogens (primary N) is 1. The summed E-state index contributed by atoms with van der Waals surface area (Å²) in [5.74, 6) is -1.32. The van der Waals surface area contributed by atoms with Crippen LogP contribution in [0.15, 0.2) is 0 Å². The molecule has 0 saturated heterocycles. The van der Waals surface area contributed by atoms with Crippen LogP contribution < -0.4 is 5.73 Å². The van der Waals surface area contributed by atoms with Gasteiger partial charge in [0.05, 0.1) is 6.61 Å². The molecular weight excluding hydrogens is 126 g/mol. The highest BCUT2D eigenvalue weighted by Gasteiger charge is 2.20. The Labute approximate surface area is 51.7 Å². The quantitative estimate of drug-likeness (QED) is 0.350. The van der Waals surface area contributed by atoms with E-state index in [4.69, 9.17) is 21.1 Å². The SMILES string of the molecule is NC(C(=O)O)[C@H](O)CO. The van der Waals surface area contributed by atoms with Crippen molar-refractivity contribution < 1.29 is 20.1 Å². The van der Waals surface area contributed by atoms with E-state index in [2.05, 4.69) is 0 Å². The summed E-state index contributed by atoms with van der Waals surface area (Å²) in [5, 5.41) is 24.8. The molecule has 0 heterocycles. The lowest BCUT2D eigenvalue weighted by Gasteiger charge is -2.10. The smallest absolute Gasteiger partial charge is 0.323 e. The van der Waals surface area contributed by atoms with Crippen LogP contribution in [0.25, 0.3) is 0 Å². The highest BCUT2D eigenvalue weighted by atomic mass is 16.4. The number of carboxylic acids is 1. The predicted octanol–water partition coefficient (Wildman–Crippen LogP) is -2.25. The minimum atomic E-state index is -1.39. The summed E-state index contributed by atoms with van der Waals surface area (Å²) in [6, 6.07) is -1.39. The lowest BCUT2D eigenvalue weighted by molar-refractivity contribution is -0.141. The number of aliphatic hydroxyl groups excluding tert-OH is 2. The first-order valence-corrected chi connectivity index (χ1v) is 2.37. The Bertz CT molecular complexity index is 105. The van der Waals surface area contributed by atoms with Gasteiger partial charge in [0, 0.05) is 0 Å². The second kappa shape index (κ2) is 3.39. The van der Waals surface area contributed by atoms with Crippen molar-refractivity contribution in [2.45, 2.75) is 12.1 Å². The minimum absolute atomic E-state index is 0.631. The Morgan fingerprint density at radius 1 is 1.67 bits per heavy atom. The number of carboxylic acid groups (broad SMARTS) is 1. The summed E-state index contributed by atoms with van der Waals surface area (Å²) in [5.41, 5.74) is 4.86. The molecule has 2 atom stereocenters. The molecule has 54 valence electrons. The van der Waals surface area contributed by atoms with E-state index in [1.54, 1.807) is 0 Å². The molecule has 0 saturated carbocycles. The number of aliphatic hydroxyl groups is 2. The first kappa shape index (κ1) is 8.35. The lowest BCUT2D eigenvalue weighted by Crippen LogP contribution is -2.43. The normalized spacial score (nSPS) is 16.8. The molecule has 9 heavy (non-hydrogen) atoms. The van der Waals surface area contributed by atoms with Gasteiger partial charge < -0.3 is 21.1 Å². The van der Waals surface area contributed by atoms with Gasteiger partial charge in [-0.05, 0) is 0 Å². The monoisotopic (exact) mass is 135 g/mol. The van der Waals surface area contributed by atoms with Crippen LogP contribution in [0.2, 0.25) is 0 Å². The Balaban J connectivity index is 3.72. The first-order chi connectivity index (χ1) is 4.09. The van der Waals surface area contributed by atoms with Crippen molar-refractivity contribution in [3.8, 4) is 0 Å². The molecule has 0 bridgehead atoms. The molecule has 0 aliphatic heterocycles. The summed E-state index contributed by atoms with van der Waals surface area (Å²) >= 11 is 0. The van der Waals surface area contributed by atoms with Crippen LogP contribution in [0.5, 0.6) is 0 Å². The van der Waals surface area contributed by atoms with Crippen LogP contribution in [0.3, 0.4) is 0 Å². The van der Waals surface area contributed by atoms with E-state index in [1.807, 2.05) is 0 Å². The molecule has 0 spiro atoms. The fourth-order valence-electron chi connectivity index (χ4n) is 0.278. The topological polar surface area (TPSA) is 104 Å². The zero-order valence-corrected chi connectivity index (χ0v) is 4.69. The first-order valence-electron chi connectivity index (χ1n) is 2.37. The van der Waals surface area contributed by atoms with Crippen LogP contribution in [0.1, 0.15) is 0 Å². The fourth-order valence-corrected chi connectivity index (χ4v) is 0.278. The maximum absolute atomic E-state index is 9.90. The van der Waals surface area contributed by atoms with Gasteiger partial charge in [0.15, 0.2) is 0 Å². The lowest BCUT2D eigenvalue weighted by atomic mass is 10.2. The predicted molar refractivity (Wildman–Crippen MR) is 28.7 cm³/mol. The van der Waals surface area contributed by atoms with Crippen LogP contribution in [0, 0.1) is 0 Å². The van der Waals surface area contributed by atoms with Gasteiger partial charge in [-0.3, -0.25) is 4.79 Å². The van der Waals surface area contributed by atoms with Crippen molar-refractivity contribution in [2.75, 3.05) is 6.61 Å². The molecule has 1 unspecified atom stereocenters. The Hall–Kier alpha value is -0.650. The molecule has 5 nitrogen and oxygen atoms in total. The van der Waals surface area contributed by atoms with Gasteiger partial charge in [0.25, 0.3) is 0 Å². The van der Waals surface area contributed by atoms with E-state index < -0.39 is 24.7 Å². The number of hydrogen-bond acceptors (Lipinski definition) is 4. The van der Waals surface area contributed by atoms with Gasteiger partial charge in [-0.1, -0.05) is 0 Å². The van der Waals surface area contributed by atoms with Crippen molar-refractivity contribution in [1.29, 1.82) is 0 Å². The molecule has 0 aromatic carbocycles. The van der Waals surface area contributed by atoms with Gasteiger partial charge in [-0.15, -0.1) is 0 Å². The third-order valence-corrected chi connectivity index (χ3v) is 0.887. The van der Waals surface area contributed by atoms with Crippen LogP contribution >= 0.6 is 0 Å². The number of rotatable bonds is 3. The Morgan fingerprint density at radius 3 is 2.22 bits per heavy atom. The molecule has 0 radical (unpaired) electrons. The van der Waals surface area contributed by atoms with E-state index in [1.165, 1.54) is 0 Å². The van der Waals surface area contributed by atoms with Crippen molar-refractivity contribution >= 4 is 5.97 Å². The van der Waals surface area contributed by atoms with Crippen LogP contribution in [0.4, 0.5) is 0 Å². The van der Waals surface area contributed by atoms with Crippen molar-refractivity contribution in [2.24, 2.45) is 5.73 Å². The van der Waals surface area contributed by atoms with Crippen LogP contribution in [-0.4, -0.2) is 40.0 Å². The fraction of sp³-hybridized carbons (Fsp3) is 0.750. The maximum Gasteiger partial charge on any atom is 0.323 e. The van der Waals surface area contributed by atoms with Gasteiger partial charge in [0.1, 0.15) is 12.1 Å². The number of carbonyl (C=O) groups is 1. The molecule has 0 aromatic rings. The number of aliphatic carboxylic acids is 1.